The summed E-state index contributed by atoms with van der Waals surface area (Å²) in [6, 6.07) is 19.8. The Balaban J connectivity index is 1.28. The van der Waals surface area contributed by atoms with Crippen LogP contribution in [0.25, 0.3) is 20.1 Å². The summed E-state index contributed by atoms with van der Waals surface area (Å²) >= 11 is 3.11. The number of fused-ring (bicyclic) bond motifs is 1. The van der Waals surface area contributed by atoms with Crippen molar-refractivity contribution in [2.45, 2.75) is 13.5 Å². The molecule has 0 saturated carbocycles. The predicted octanol–water partition coefficient (Wildman–Crippen LogP) is 5.83. The highest BCUT2D eigenvalue weighted by Crippen LogP contribution is 2.34. The number of para-hydroxylation sites is 1. The van der Waals surface area contributed by atoms with Gasteiger partial charge in [0.05, 0.1) is 20.0 Å². The van der Waals surface area contributed by atoms with Gasteiger partial charge in [-0.25, -0.2) is 9.97 Å². The molecule has 0 aliphatic carbocycles. The van der Waals surface area contributed by atoms with Gasteiger partial charge in [-0.3, -0.25) is 4.79 Å². The van der Waals surface area contributed by atoms with E-state index >= 15 is 0 Å². The fourth-order valence-electron chi connectivity index (χ4n) is 3.21. The summed E-state index contributed by atoms with van der Waals surface area (Å²) in [6.07, 6.45) is 3.76. The van der Waals surface area contributed by atoms with E-state index in [4.69, 9.17) is 0 Å². The fourth-order valence-corrected chi connectivity index (χ4v) is 5.13. The Morgan fingerprint density at radius 2 is 1.87 bits per heavy atom. The topological polar surface area (TPSA) is 59.8 Å². The number of amides is 1. The van der Waals surface area contributed by atoms with Crippen molar-refractivity contribution in [2.24, 2.45) is 0 Å². The summed E-state index contributed by atoms with van der Waals surface area (Å²) in [7, 11) is 0. The molecule has 1 amide bonds. The number of aryl methyl sites for hydroxylation is 1. The summed E-state index contributed by atoms with van der Waals surface area (Å²) in [4.78, 5) is 23.3. The molecule has 0 radical (unpaired) electrons. The largest absolute Gasteiger partial charge is 0.331 e. The zero-order valence-corrected chi connectivity index (χ0v) is 17.8. The van der Waals surface area contributed by atoms with Gasteiger partial charge in [0.2, 0.25) is 0 Å². The van der Waals surface area contributed by atoms with Crippen LogP contribution in [0.1, 0.15) is 21.1 Å². The molecule has 5 aromatic rings. The summed E-state index contributed by atoms with van der Waals surface area (Å²) in [5.74, 6) is 0.875. The van der Waals surface area contributed by atoms with Crippen LogP contribution in [-0.4, -0.2) is 20.4 Å². The van der Waals surface area contributed by atoms with Crippen molar-refractivity contribution >= 4 is 44.5 Å². The number of aromatic nitrogens is 3. The van der Waals surface area contributed by atoms with Gasteiger partial charge in [0.1, 0.15) is 10.8 Å². The summed E-state index contributed by atoms with van der Waals surface area (Å²) in [5.41, 5.74) is 2.92. The molecular weight excluding hydrogens is 412 g/mol. The Hall–Kier alpha value is -3.29. The van der Waals surface area contributed by atoms with Gasteiger partial charge >= 0.3 is 0 Å². The molecule has 7 heteroatoms. The standard InChI is InChI=1S/C23H18N4OS2/c1-15-24-12-13-27(15)14-16-6-8-17(9-7-16)25-22(28)20-10-11-21(29-20)23-26-18-4-2-3-5-19(18)30-23/h2-13H,14H2,1H3,(H,25,28). The van der Waals surface area contributed by atoms with Crippen LogP contribution < -0.4 is 5.32 Å². The van der Waals surface area contributed by atoms with Gasteiger partial charge < -0.3 is 9.88 Å². The van der Waals surface area contributed by atoms with Crippen molar-refractivity contribution in [2.75, 3.05) is 5.32 Å². The summed E-state index contributed by atoms with van der Waals surface area (Å²) in [6.45, 7) is 2.74. The number of rotatable bonds is 5. The maximum Gasteiger partial charge on any atom is 0.265 e. The van der Waals surface area contributed by atoms with E-state index in [0.29, 0.717) is 4.88 Å². The first kappa shape index (κ1) is 18.7. The van der Waals surface area contributed by atoms with Crippen molar-refractivity contribution in [3.63, 3.8) is 0 Å². The van der Waals surface area contributed by atoms with E-state index in [9.17, 15) is 4.79 Å². The first-order valence-electron chi connectivity index (χ1n) is 9.49. The molecule has 0 aliphatic rings. The average Bonchev–Trinajstić information content (AvgIpc) is 3.49. The molecule has 1 N–H and O–H groups in total. The number of carbonyl (C=O) groups excluding carboxylic acids is 1. The lowest BCUT2D eigenvalue weighted by Gasteiger charge is -2.07. The molecule has 0 aliphatic heterocycles. The van der Waals surface area contributed by atoms with Crippen LogP contribution in [0.15, 0.2) is 73.1 Å². The summed E-state index contributed by atoms with van der Waals surface area (Å²) < 4.78 is 3.24. The monoisotopic (exact) mass is 430 g/mol. The number of hydrogen-bond acceptors (Lipinski definition) is 5. The molecule has 148 valence electrons. The van der Waals surface area contributed by atoms with E-state index < -0.39 is 0 Å². The van der Waals surface area contributed by atoms with Gasteiger partial charge in [-0.15, -0.1) is 22.7 Å². The molecule has 3 heterocycles. The Bertz CT molecular complexity index is 1300. The molecule has 3 aromatic heterocycles. The van der Waals surface area contributed by atoms with Crippen LogP contribution in [0.3, 0.4) is 0 Å². The van der Waals surface area contributed by atoms with Crippen LogP contribution in [0.5, 0.6) is 0 Å². The molecule has 0 spiro atoms. The number of nitrogens with zero attached hydrogens (tertiary/aromatic N) is 3. The number of nitrogens with one attached hydrogen (secondary N) is 1. The Morgan fingerprint density at radius 3 is 2.63 bits per heavy atom. The number of benzene rings is 2. The van der Waals surface area contributed by atoms with E-state index in [1.165, 1.54) is 11.3 Å². The molecule has 5 rings (SSSR count). The lowest BCUT2D eigenvalue weighted by Crippen LogP contribution is -2.10. The van der Waals surface area contributed by atoms with E-state index in [0.717, 1.165) is 43.7 Å². The number of hydrogen-bond donors (Lipinski definition) is 1. The quantitative estimate of drug-likeness (QED) is 0.382. The van der Waals surface area contributed by atoms with Crippen LogP contribution in [0.4, 0.5) is 5.69 Å². The number of anilines is 1. The Labute approximate surface area is 181 Å². The first-order valence-corrected chi connectivity index (χ1v) is 11.1. The normalized spacial score (nSPS) is 11.1. The molecule has 0 saturated heterocycles. The molecule has 5 nitrogen and oxygen atoms in total. The van der Waals surface area contributed by atoms with Gasteiger partial charge in [-0.2, -0.15) is 0 Å². The first-order chi connectivity index (χ1) is 14.7. The maximum absolute atomic E-state index is 12.7. The zero-order valence-electron chi connectivity index (χ0n) is 16.2. The second-order valence-electron chi connectivity index (χ2n) is 6.90. The Kier molecular flexibility index (Phi) is 4.90. The lowest BCUT2D eigenvalue weighted by molar-refractivity contribution is 0.103. The molecule has 0 unspecified atom stereocenters. The zero-order chi connectivity index (χ0) is 20.5. The lowest BCUT2D eigenvalue weighted by atomic mass is 10.2. The average molecular weight is 431 g/mol. The van der Waals surface area contributed by atoms with Crippen LogP contribution in [0, 0.1) is 6.92 Å². The highest BCUT2D eigenvalue weighted by Gasteiger charge is 2.13. The van der Waals surface area contributed by atoms with Crippen molar-refractivity contribution in [1.82, 2.24) is 14.5 Å². The highest BCUT2D eigenvalue weighted by atomic mass is 32.1. The molecule has 0 bridgehead atoms. The molecule has 30 heavy (non-hydrogen) atoms. The number of carbonyl (C=O) groups is 1. The Morgan fingerprint density at radius 1 is 1.03 bits per heavy atom. The van der Waals surface area contributed by atoms with Gasteiger partial charge in [0, 0.05) is 24.6 Å². The molecular formula is C23H18N4OS2. The van der Waals surface area contributed by atoms with Gasteiger partial charge in [-0.1, -0.05) is 24.3 Å². The minimum atomic E-state index is -0.106. The second-order valence-corrected chi connectivity index (χ2v) is 9.02. The van der Waals surface area contributed by atoms with E-state index in [1.807, 2.05) is 67.7 Å². The van der Waals surface area contributed by atoms with E-state index in [2.05, 4.69) is 25.9 Å². The van der Waals surface area contributed by atoms with Crippen LogP contribution in [-0.2, 0) is 6.54 Å². The molecule has 0 atom stereocenters. The third kappa shape index (κ3) is 3.77. The smallest absolute Gasteiger partial charge is 0.265 e. The third-order valence-corrected chi connectivity index (χ3v) is 7.11. The third-order valence-electron chi connectivity index (χ3n) is 4.82. The van der Waals surface area contributed by atoms with Crippen molar-refractivity contribution in [1.29, 1.82) is 0 Å². The van der Waals surface area contributed by atoms with Gasteiger partial charge in [-0.05, 0) is 48.9 Å². The van der Waals surface area contributed by atoms with Crippen LogP contribution >= 0.6 is 22.7 Å². The number of thiophene rings is 1. The van der Waals surface area contributed by atoms with E-state index in [1.54, 1.807) is 17.5 Å². The minimum Gasteiger partial charge on any atom is -0.331 e. The van der Waals surface area contributed by atoms with Gasteiger partial charge in [0.25, 0.3) is 5.91 Å². The number of thiazole rings is 1. The highest BCUT2D eigenvalue weighted by molar-refractivity contribution is 7.26. The van der Waals surface area contributed by atoms with E-state index in [-0.39, 0.29) is 5.91 Å². The minimum absolute atomic E-state index is 0.106. The van der Waals surface area contributed by atoms with Crippen molar-refractivity contribution < 1.29 is 4.79 Å². The SMILES string of the molecule is Cc1nccn1Cc1ccc(NC(=O)c2ccc(-c3nc4ccccc4s3)s2)cc1. The molecule has 0 fully saturated rings. The van der Waals surface area contributed by atoms with Crippen molar-refractivity contribution in [3.8, 4) is 9.88 Å². The van der Waals surface area contributed by atoms with Crippen LogP contribution in [0.2, 0.25) is 0 Å². The second kappa shape index (κ2) is 7.85. The molecule has 2 aromatic carbocycles. The van der Waals surface area contributed by atoms with Gasteiger partial charge in [0.15, 0.2) is 0 Å². The maximum atomic E-state index is 12.7. The predicted molar refractivity (Wildman–Crippen MR) is 123 cm³/mol. The summed E-state index contributed by atoms with van der Waals surface area (Å²) in [5, 5.41) is 3.93. The van der Waals surface area contributed by atoms with Crippen molar-refractivity contribution in [3.05, 3.63) is 89.3 Å². The fraction of sp³-hybridized carbons (Fsp3) is 0.0870. The number of imidazole rings is 1.